The lowest BCUT2D eigenvalue weighted by Gasteiger charge is -2.12. The van der Waals surface area contributed by atoms with Gasteiger partial charge in [-0.05, 0) is 73.2 Å². The molecule has 3 N–H and O–H groups in total. The smallest absolute Gasteiger partial charge is 0.258 e. The fourth-order valence-electron chi connectivity index (χ4n) is 3.44. The SMILES string of the molecule is Cc1ccc(C(=O)Nc2cccc(C(=O)Nc3cccc(F)c3)c2)cc1NC(=O)c1ccccc1F. The Kier molecular flexibility index (Phi) is 7.15. The minimum Gasteiger partial charge on any atom is -0.322 e. The van der Waals surface area contributed by atoms with Crippen molar-refractivity contribution in [2.75, 3.05) is 16.0 Å². The van der Waals surface area contributed by atoms with E-state index in [1.165, 1.54) is 48.5 Å². The molecule has 36 heavy (non-hydrogen) atoms. The number of carbonyl (C=O) groups is 3. The van der Waals surface area contributed by atoms with Crippen molar-refractivity contribution in [1.82, 2.24) is 0 Å². The molecule has 0 radical (unpaired) electrons. The van der Waals surface area contributed by atoms with Crippen LogP contribution < -0.4 is 16.0 Å². The monoisotopic (exact) mass is 485 g/mol. The predicted molar refractivity (Wildman–Crippen MR) is 134 cm³/mol. The maximum absolute atomic E-state index is 14.0. The van der Waals surface area contributed by atoms with Crippen LogP contribution in [0.5, 0.6) is 0 Å². The number of nitrogens with one attached hydrogen (secondary N) is 3. The zero-order valence-electron chi connectivity index (χ0n) is 19.1. The molecule has 0 atom stereocenters. The van der Waals surface area contributed by atoms with Gasteiger partial charge in [-0.3, -0.25) is 14.4 Å². The molecule has 0 aromatic heterocycles. The van der Waals surface area contributed by atoms with Crippen molar-refractivity contribution < 1.29 is 23.2 Å². The van der Waals surface area contributed by atoms with Crippen molar-refractivity contribution in [1.29, 1.82) is 0 Å². The second-order valence-corrected chi connectivity index (χ2v) is 7.96. The Morgan fingerprint density at radius 2 is 1.25 bits per heavy atom. The lowest BCUT2D eigenvalue weighted by atomic mass is 10.1. The fraction of sp³-hybridized carbons (Fsp3) is 0.0357. The first-order valence-corrected chi connectivity index (χ1v) is 10.9. The van der Waals surface area contributed by atoms with Gasteiger partial charge in [0.15, 0.2) is 0 Å². The van der Waals surface area contributed by atoms with Gasteiger partial charge < -0.3 is 16.0 Å². The van der Waals surface area contributed by atoms with E-state index >= 15 is 0 Å². The maximum atomic E-state index is 14.0. The molecule has 0 saturated carbocycles. The molecule has 4 aromatic carbocycles. The molecular formula is C28H21F2N3O3. The number of anilines is 3. The van der Waals surface area contributed by atoms with E-state index in [0.717, 1.165) is 0 Å². The van der Waals surface area contributed by atoms with Gasteiger partial charge in [-0.1, -0.05) is 30.3 Å². The summed E-state index contributed by atoms with van der Waals surface area (Å²) in [6, 6.07) is 22.1. The number of carbonyl (C=O) groups excluding carboxylic acids is 3. The van der Waals surface area contributed by atoms with Gasteiger partial charge in [0.2, 0.25) is 0 Å². The van der Waals surface area contributed by atoms with Crippen LogP contribution in [0.1, 0.15) is 36.6 Å². The Morgan fingerprint density at radius 3 is 1.94 bits per heavy atom. The number of benzene rings is 4. The summed E-state index contributed by atoms with van der Waals surface area (Å²) in [5.74, 6) is -2.70. The van der Waals surface area contributed by atoms with Gasteiger partial charge in [0.25, 0.3) is 17.7 Å². The molecule has 0 aliphatic heterocycles. The highest BCUT2D eigenvalue weighted by atomic mass is 19.1. The number of amides is 3. The van der Waals surface area contributed by atoms with Crippen LogP contribution in [0.2, 0.25) is 0 Å². The Morgan fingerprint density at radius 1 is 0.611 bits per heavy atom. The third-order valence-electron chi connectivity index (χ3n) is 5.33. The lowest BCUT2D eigenvalue weighted by Crippen LogP contribution is -2.17. The number of rotatable bonds is 6. The van der Waals surface area contributed by atoms with Crippen molar-refractivity contribution in [2.24, 2.45) is 0 Å². The minimum atomic E-state index is -0.650. The van der Waals surface area contributed by atoms with Gasteiger partial charge in [0.1, 0.15) is 11.6 Å². The van der Waals surface area contributed by atoms with Gasteiger partial charge in [0.05, 0.1) is 5.56 Å². The van der Waals surface area contributed by atoms with Crippen LogP contribution in [0.25, 0.3) is 0 Å². The fourth-order valence-corrected chi connectivity index (χ4v) is 3.44. The van der Waals surface area contributed by atoms with Gasteiger partial charge in [-0.25, -0.2) is 8.78 Å². The van der Waals surface area contributed by atoms with E-state index in [0.29, 0.717) is 22.6 Å². The van der Waals surface area contributed by atoms with E-state index in [2.05, 4.69) is 16.0 Å². The number of hydrogen-bond acceptors (Lipinski definition) is 3. The summed E-state index contributed by atoms with van der Waals surface area (Å²) in [6.45, 7) is 1.75. The topological polar surface area (TPSA) is 87.3 Å². The first-order valence-electron chi connectivity index (χ1n) is 10.9. The second-order valence-electron chi connectivity index (χ2n) is 7.96. The molecule has 180 valence electrons. The van der Waals surface area contributed by atoms with Crippen LogP contribution in [0.3, 0.4) is 0 Å². The normalized spacial score (nSPS) is 10.4. The van der Waals surface area contributed by atoms with Gasteiger partial charge in [-0.15, -0.1) is 0 Å². The molecule has 3 amide bonds. The largest absolute Gasteiger partial charge is 0.322 e. The summed E-state index contributed by atoms with van der Waals surface area (Å²) in [5, 5.41) is 7.96. The Hall–Kier alpha value is -4.85. The lowest BCUT2D eigenvalue weighted by molar-refractivity contribution is 0.101. The van der Waals surface area contributed by atoms with E-state index in [1.807, 2.05) is 0 Å². The van der Waals surface area contributed by atoms with Gasteiger partial charge >= 0.3 is 0 Å². The first-order chi connectivity index (χ1) is 17.3. The molecule has 0 heterocycles. The highest BCUT2D eigenvalue weighted by Crippen LogP contribution is 2.21. The van der Waals surface area contributed by atoms with Crippen LogP contribution in [-0.2, 0) is 0 Å². The number of halogens is 2. The maximum Gasteiger partial charge on any atom is 0.258 e. The molecular weight excluding hydrogens is 464 g/mol. The first kappa shape index (κ1) is 24.3. The Labute approximate surface area is 206 Å². The summed E-state index contributed by atoms with van der Waals surface area (Å²) in [7, 11) is 0. The molecule has 0 bridgehead atoms. The molecule has 0 saturated heterocycles. The predicted octanol–water partition coefficient (Wildman–Crippen LogP) is 6.03. The average molecular weight is 485 g/mol. The molecule has 0 spiro atoms. The summed E-state index contributed by atoms with van der Waals surface area (Å²) in [6.07, 6.45) is 0. The summed E-state index contributed by atoms with van der Waals surface area (Å²) >= 11 is 0. The molecule has 4 aromatic rings. The minimum absolute atomic E-state index is 0.111. The van der Waals surface area contributed by atoms with E-state index in [9.17, 15) is 23.2 Å². The standard InChI is InChI=1S/C28H21F2N3O3/c1-17-12-13-19(15-25(17)33-28(36)23-10-2-3-11-24(23)30)27(35)31-21-8-4-6-18(14-21)26(34)32-22-9-5-7-20(29)16-22/h2-16H,1H3,(H,31,35)(H,32,34)(H,33,36). The molecule has 0 fully saturated rings. The van der Waals surface area contributed by atoms with E-state index in [-0.39, 0.29) is 16.7 Å². The van der Waals surface area contributed by atoms with Crippen molar-refractivity contribution in [2.45, 2.75) is 6.92 Å². The van der Waals surface area contributed by atoms with Crippen LogP contribution in [0.4, 0.5) is 25.8 Å². The summed E-state index contributed by atoms with van der Waals surface area (Å²) in [5.41, 5.74) is 2.12. The molecule has 0 aliphatic carbocycles. The van der Waals surface area contributed by atoms with Crippen molar-refractivity contribution >= 4 is 34.8 Å². The van der Waals surface area contributed by atoms with E-state index < -0.39 is 29.4 Å². The zero-order valence-corrected chi connectivity index (χ0v) is 19.1. The third-order valence-corrected chi connectivity index (χ3v) is 5.33. The third kappa shape index (κ3) is 5.79. The molecule has 0 unspecified atom stereocenters. The summed E-state index contributed by atoms with van der Waals surface area (Å²) < 4.78 is 27.3. The highest BCUT2D eigenvalue weighted by Gasteiger charge is 2.15. The summed E-state index contributed by atoms with van der Waals surface area (Å²) in [4.78, 5) is 37.9. The van der Waals surface area contributed by atoms with Crippen molar-refractivity contribution in [3.05, 3.63) is 125 Å². The van der Waals surface area contributed by atoms with Crippen LogP contribution in [-0.4, -0.2) is 17.7 Å². The number of aryl methyl sites for hydroxylation is 1. The van der Waals surface area contributed by atoms with E-state index in [1.54, 1.807) is 49.4 Å². The van der Waals surface area contributed by atoms with E-state index in [4.69, 9.17) is 0 Å². The quantitative estimate of drug-likeness (QED) is 0.312. The molecule has 8 heteroatoms. The highest BCUT2D eigenvalue weighted by molar-refractivity contribution is 6.09. The number of hydrogen-bond donors (Lipinski definition) is 3. The van der Waals surface area contributed by atoms with Crippen LogP contribution in [0, 0.1) is 18.6 Å². The van der Waals surface area contributed by atoms with Crippen LogP contribution >= 0.6 is 0 Å². The van der Waals surface area contributed by atoms with Gasteiger partial charge in [0, 0.05) is 28.2 Å². The van der Waals surface area contributed by atoms with Crippen molar-refractivity contribution in [3.8, 4) is 0 Å². The molecule has 6 nitrogen and oxygen atoms in total. The van der Waals surface area contributed by atoms with Crippen LogP contribution in [0.15, 0.2) is 91.0 Å². The average Bonchev–Trinajstić information content (AvgIpc) is 2.85. The zero-order chi connectivity index (χ0) is 25.7. The van der Waals surface area contributed by atoms with Crippen molar-refractivity contribution in [3.63, 3.8) is 0 Å². The molecule has 4 rings (SSSR count). The Balaban J connectivity index is 1.47. The Bertz CT molecular complexity index is 1470. The molecule has 0 aliphatic rings. The second kappa shape index (κ2) is 10.6. The van der Waals surface area contributed by atoms with Gasteiger partial charge in [-0.2, -0.15) is 0 Å².